The number of esters is 2. The van der Waals surface area contributed by atoms with Gasteiger partial charge in [-0.05, 0) is 122 Å². The maximum Gasteiger partial charge on any atom is 0.306 e. The monoisotopic (exact) mass is 1350 g/mol. The molecule has 0 bridgehead atoms. The fraction of sp³-hybridized carbons (Fsp3) is 0.670. The Morgan fingerprint density at radius 2 is 0.557 bits per heavy atom. The van der Waals surface area contributed by atoms with Crippen LogP contribution in [-0.2, 0) is 33.3 Å². The van der Waals surface area contributed by atoms with E-state index < -0.39 is 24.3 Å². The Hall–Kier alpha value is -5.09. The lowest BCUT2D eigenvalue weighted by molar-refractivity contribution is -0.870. The zero-order chi connectivity index (χ0) is 70.4. The molecule has 0 amide bonds. The van der Waals surface area contributed by atoms with Gasteiger partial charge in [0.1, 0.15) is 13.2 Å². The van der Waals surface area contributed by atoms with E-state index >= 15 is 0 Å². The molecule has 0 fully saturated rings. The zero-order valence-electron chi connectivity index (χ0n) is 63.1. The number of carboxylic acids is 1. The number of nitrogens with zero attached hydrogens (tertiary/aromatic N) is 1. The van der Waals surface area contributed by atoms with Crippen LogP contribution in [0, 0.1) is 0 Å². The van der Waals surface area contributed by atoms with Crippen molar-refractivity contribution in [2.24, 2.45) is 0 Å². The minimum atomic E-state index is -1.64. The SMILES string of the molecule is CC/C=C\C/C=C\C/C=C\C/C=C\C/C=C\C/C=C\C/C=C\C/C=C\C/C=C\CCCCCCCC(=O)OC(COC(=O)CCCCCCCCCCCCCCCCCCCCCCCCCCCC/C=C\C/C=C\C/C=C\C/C=C\CC)COC(OCC[N+](C)(C)C)C(=O)[O-]. The molecule has 0 saturated carbocycles. The second-order valence-electron chi connectivity index (χ2n) is 27.2. The Bertz CT molecular complexity index is 2160. The average molecular weight is 1350 g/mol. The van der Waals surface area contributed by atoms with E-state index in [0.29, 0.717) is 17.4 Å². The van der Waals surface area contributed by atoms with Crippen LogP contribution in [0.1, 0.15) is 322 Å². The maximum atomic E-state index is 13.0. The summed E-state index contributed by atoms with van der Waals surface area (Å²) in [6.07, 6.45) is 111. The lowest BCUT2D eigenvalue weighted by Crippen LogP contribution is -2.44. The number of hydrogen-bond acceptors (Lipinski definition) is 8. The van der Waals surface area contributed by atoms with Crippen LogP contribution in [0.25, 0.3) is 0 Å². The number of hydrogen-bond donors (Lipinski definition) is 0. The molecule has 0 aromatic heterocycles. The van der Waals surface area contributed by atoms with Crippen molar-refractivity contribution in [3.63, 3.8) is 0 Å². The smallest absolute Gasteiger partial charge is 0.306 e. The predicted octanol–water partition coefficient (Wildman–Crippen LogP) is 24.3. The molecule has 0 heterocycles. The van der Waals surface area contributed by atoms with E-state index in [-0.39, 0.29) is 38.6 Å². The quantitative estimate of drug-likeness (QED) is 0.0195. The number of quaternary nitrogens is 1. The minimum Gasteiger partial charge on any atom is -0.545 e. The topological polar surface area (TPSA) is 111 Å². The van der Waals surface area contributed by atoms with Gasteiger partial charge >= 0.3 is 11.9 Å². The van der Waals surface area contributed by atoms with E-state index in [1.165, 1.54) is 154 Å². The number of ether oxygens (including phenoxy) is 4. The molecule has 0 radical (unpaired) electrons. The number of unbranched alkanes of at least 4 members (excludes halogenated alkanes) is 31. The molecule has 0 aliphatic carbocycles. The summed E-state index contributed by atoms with van der Waals surface area (Å²) in [5.41, 5.74) is 0. The zero-order valence-corrected chi connectivity index (χ0v) is 63.1. The molecule has 97 heavy (non-hydrogen) atoms. The van der Waals surface area contributed by atoms with Crippen LogP contribution >= 0.6 is 0 Å². The fourth-order valence-electron chi connectivity index (χ4n) is 10.8. The van der Waals surface area contributed by atoms with Crippen molar-refractivity contribution in [1.82, 2.24) is 0 Å². The van der Waals surface area contributed by atoms with E-state index in [1.807, 2.05) is 21.1 Å². The van der Waals surface area contributed by atoms with Gasteiger partial charge in [0.15, 0.2) is 12.4 Å². The highest BCUT2D eigenvalue weighted by atomic mass is 16.7. The van der Waals surface area contributed by atoms with Crippen molar-refractivity contribution in [3.8, 4) is 0 Å². The number of carboxylic acid groups (broad SMARTS) is 1. The fourth-order valence-corrected chi connectivity index (χ4v) is 10.8. The Morgan fingerprint density at radius 3 is 0.825 bits per heavy atom. The molecule has 2 atom stereocenters. The number of carbonyl (C=O) groups is 3. The molecule has 0 saturated heterocycles. The van der Waals surface area contributed by atoms with Gasteiger partial charge in [0.2, 0.25) is 0 Å². The third kappa shape index (κ3) is 78.1. The lowest BCUT2D eigenvalue weighted by atomic mass is 10.0. The van der Waals surface area contributed by atoms with Gasteiger partial charge < -0.3 is 33.3 Å². The molecule has 0 aliphatic heterocycles. The Labute approximate surface area is 597 Å². The van der Waals surface area contributed by atoms with E-state index in [9.17, 15) is 19.5 Å². The second kappa shape index (κ2) is 76.7. The molecule has 0 N–H and O–H groups in total. The van der Waals surface area contributed by atoms with Crippen LogP contribution in [0.15, 0.2) is 158 Å². The first-order valence-electron chi connectivity index (χ1n) is 39.6. The highest BCUT2D eigenvalue weighted by Gasteiger charge is 2.22. The lowest BCUT2D eigenvalue weighted by Gasteiger charge is -2.26. The number of likely N-dealkylation sites (N-methyl/N-ethyl adjacent to an activating group) is 1. The molecule has 0 spiro atoms. The molecular formula is C88H147NO8. The number of carbonyl (C=O) groups excluding carboxylic acids is 3. The molecule has 0 aromatic rings. The van der Waals surface area contributed by atoms with Gasteiger partial charge in [0.05, 0.1) is 40.3 Å². The van der Waals surface area contributed by atoms with Gasteiger partial charge in [-0.1, -0.05) is 345 Å². The summed E-state index contributed by atoms with van der Waals surface area (Å²) in [7, 11) is 5.92. The van der Waals surface area contributed by atoms with Crippen molar-refractivity contribution in [2.45, 2.75) is 334 Å². The van der Waals surface area contributed by atoms with Gasteiger partial charge in [-0.15, -0.1) is 0 Å². The Balaban J connectivity index is 4.08. The first kappa shape index (κ1) is 91.9. The Kier molecular flexibility index (Phi) is 72.6. The van der Waals surface area contributed by atoms with Gasteiger partial charge in [-0.2, -0.15) is 0 Å². The van der Waals surface area contributed by atoms with Crippen LogP contribution in [0.3, 0.4) is 0 Å². The van der Waals surface area contributed by atoms with Gasteiger partial charge in [-0.3, -0.25) is 9.59 Å². The average Bonchev–Trinajstić information content (AvgIpc) is 2.59. The molecule has 9 nitrogen and oxygen atoms in total. The summed E-state index contributed by atoms with van der Waals surface area (Å²) < 4.78 is 22.8. The van der Waals surface area contributed by atoms with E-state index in [2.05, 4.69) is 172 Å². The van der Waals surface area contributed by atoms with E-state index in [0.717, 1.165) is 135 Å². The number of rotatable bonds is 72. The van der Waals surface area contributed by atoms with Crippen molar-refractivity contribution < 1.29 is 42.9 Å². The first-order chi connectivity index (χ1) is 47.6. The van der Waals surface area contributed by atoms with Gasteiger partial charge in [0.25, 0.3) is 0 Å². The first-order valence-corrected chi connectivity index (χ1v) is 39.6. The van der Waals surface area contributed by atoms with Crippen LogP contribution in [-0.4, -0.2) is 82.3 Å². The van der Waals surface area contributed by atoms with E-state index in [1.54, 1.807) is 0 Å². The predicted molar refractivity (Wildman–Crippen MR) is 416 cm³/mol. The molecule has 0 rings (SSSR count). The molecule has 2 unspecified atom stereocenters. The summed E-state index contributed by atoms with van der Waals surface area (Å²) in [4.78, 5) is 37.6. The second-order valence-corrected chi connectivity index (χ2v) is 27.2. The maximum absolute atomic E-state index is 13.0. The van der Waals surface area contributed by atoms with Gasteiger partial charge in [-0.25, -0.2) is 0 Å². The number of aliphatic carboxylic acids is 1. The van der Waals surface area contributed by atoms with Crippen molar-refractivity contribution in [1.29, 1.82) is 0 Å². The molecule has 9 heteroatoms. The van der Waals surface area contributed by atoms with Crippen molar-refractivity contribution >= 4 is 17.9 Å². The summed E-state index contributed by atoms with van der Waals surface area (Å²) in [5, 5.41) is 11.9. The van der Waals surface area contributed by atoms with Crippen LogP contribution in [0.5, 0.6) is 0 Å². The van der Waals surface area contributed by atoms with Gasteiger partial charge in [0, 0.05) is 12.8 Å². The molecule has 0 aromatic carbocycles. The standard InChI is InChI=1S/C88H147NO8/c1-6-8-10-12-14-16-18-20-22-24-26-28-30-32-34-36-38-40-41-42-43-44-45-47-48-50-52-54-56-58-60-62-64-66-68-70-72-74-76-78-85(90)95-82-84(83-96-88(87(92)93)94-81-80-89(3,4)5)97-86(91)79-77-75-73-71-69-67-65-63-61-59-57-55-53-51-49-46-39-37-35-33-31-29-27-25-23-21-19-17-15-13-11-9-7-2/h8-11,14-17,20-23,26-29,33,35,39,46,51,53,57,59,63,65,84,88H,6-7,12-13,18-19,24-25,30-32,34,36-38,40-45,47-50,52,54-56,58,60-62,64,66-83H2,1-5H3/b10-8-,11-9-,16-14-,17-15-,22-20-,23-21-,28-26-,29-27-,35-33-,46-39-,53-51-,59-57-,65-63-. The van der Waals surface area contributed by atoms with E-state index in [4.69, 9.17) is 18.9 Å². The molecule has 552 valence electrons. The highest BCUT2D eigenvalue weighted by molar-refractivity contribution is 5.70. The largest absolute Gasteiger partial charge is 0.545 e. The van der Waals surface area contributed by atoms with Crippen molar-refractivity contribution in [3.05, 3.63) is 158 Å². The third-order valence-corrected chi connectivity index (χ3v) is 16.8. The normalized spacial score (nSPS) is 13.5. The third-order valence-electron chi connectivity index (χ3n) is 16.8. The summed E-state index contributed by atoms with van der Waals surface area (Å²) >= 11 is 0. The highest BCUT2D eigenvalue weighted by Crippen LogP contribution is 2.18. The van der Waals surface area contributed by atoms with Crippen molar-refractivity contribution in [2.75, 3.05) is 47.5 Å². The number of allylic oxidation sites excluding steroid dienone is 26. The molecular weight excluding hydrogens is 1200 g/mol. The summed E-state index contributed by atoms with van der Waals surface area (Å²) in [6.45, 7) is 4.51. The van der Waals surface area contributed by atoms with Crippen LogP contribution < -0.4 is 5.11 Å². The molecule has 0 aliphatic rings. The summed E-state index contributed by atoms with van der Waals surface area (Å²) in [5.74, 6) is -2.31. The Morgan fingerprint density at radius 1 is 0.309 bits per heavy atom. The minimum absolute atomic E-state index is 0.137. The van der Waals surface area contributed by atoms with Crippen LogP contribution in [0.2, 0.25) is 0 Å². The van der Waals surface area contributed by atoms with Crippen LogP contribution in [0.4, 0.5) is 0 Å². The summed E-state index contributed by atoms with van der Waals surface area (Å²) in [6, 6.07) is 0.